The number of methoxy groups -OCH3 is 2. The Balaban J connectivity index is 2.03. The Bertz CT molecular complexity index is 898. The number of nitro benzene ring substituents is 1. The van der Waals surface area contributed by atoms with E-state index in [2.05, 4.69) is 0 Å². The second-order valence-corrected chi connectivity index (χ2v) is 5.95. The number of rotatable bonds is 9. The summed E-state index contributed by atoms with van der Waals surface area (Å²) in [6.07, 6.45) is 0. The van der Waals surface area contributed by atoms with E-state index in [-0.39, 0.29) is 17.8 Å². The number of ether oxygens (including phenoxy) is 3. The van der Waals surface area contributed by atoms with Crippen molar-refractivity contribution in [2.45, 2.75) is 13.5 Å². The predicted octanol–water partition coefficient (Wildman–Crippen LogP) is 2.82. The highest BCUT2D eigenvalue weighted by Crippen LogP contribution is 2.28. The Kier molecular flexibility index (Phi) is 7.53. The minimum atomic E-state index is -0.923. The van der Waals surface area contributed by atoms with Crippen molar-refractivity contribution < 1.29 is 28.7 Å². The number of hydrogen-bond donors (Lipinski definition) is 0. The van der Waals surface area contributed by atoms with Crippen LogP contribution in [0.2, 0.25) is 0 Å². The molecule has 0 aliphatic rings. The number of esters is 1. The van der Waals surface area contributed by atoms with Gasteiger partial charge in [0.15, 0.2) is 18.1 Å². The van der Waals surface area contributed by atoms with Crippen LogP contribution in [0.3, 0.4) is 0 Å². The molecule has 0 saturated heterocycles. The molecule has 0 heterocycles. The monoisotopic (exact) mass is 402 g/mol. The molecular weight excluding hydrogens is 380 g/mol. The van der Waals surface area contributed by atoms with E-state index >= 15 is 0 Å². The standard InChI is InChI=1S/C20H22N2O7/c1-4-21(12-14-9-10-17(27-2)18(11-14)28-3)19(23)13-29-20(24)15-7-5-6-8-16(15)22(25)26/h5-11H,4,12-13H2,1-3H3. The molecule has 2 aromatic carbocycles. The number of amides is 1. The first-order valence-corrected chi connectivity index (χ1v) is 8.80. The molecule has 0 fully saturated rings. The number of carbonyl (C=O) groups is 2. The third kappa shape index (κ3) is 5.44. The van der Waals surface area contributed by atoms with E-state index in [9.17, 15) is 19.7 Å². The summed E-state index contributed by atoms with van der Waals surface area (Å²) in [7, 11) is 3.05. The van der Waals surface area contributed by atoms with Crippen LogP contribution < -0.4 is 9.47 Å². The maximum absolute atomic E-state index is 12.5. The van der Waals surface area contributed by atoms with Gasteiger partial charge in [0.05, 0.1) is 19.1 Å². The van der Waals surface area contributed by atoms with Crippen LogP contribution in [0.25, 0.3) is 0 Å². The molecular formula is C20H22N2O7. The molecule has 0 aliphatic carbocycles. The van der Waals surface area contributed by atoms with E-state index in [1.54, 1.807) is 25.1 Å². The summed E-state index contributed by atoms with van der Waals surface area (Å²) in [4.78, 5) is 36.5. The molecule has 0 unspecified atom stereocenters. The van der Waals surface area contributed by atoms with Crippen LogP contribution in [0.4, 0.5) is 5.69 Å². The van der Waals surface area contributed by atoms with E-state index < -0.39 is 23.4 Å². The second kappa shape index (κ2) is 10.1. The fraction of sp³-hybridized carbons (Fsp3) is 0.300. The van der Waals surface area contributed by atoms with Gasteiger partial charge in [-0.25, -0.2) is 4.79 Å². The summed E-state index contributed by atoms with van der Waals surface area (Å²) in [5, 5.41) is 11.0. The van der Waals surface area contributed by atoms with Crippen molar-refractivity contribution in [2.75, 3.05) is 27.4 Å². The smallest absolute Gasteiger partial charge is 0.345 e. The molecule has 0 spiro atoms. The third-order valence-electron chi connectivity index (χ3n) is 4.20. The molecule has 1 amide bonds. The van der Waals surface area contributed by atoms with E-state index in [4.69, 9.17) is 14.2 Å². The summed E-state index contributed by atoms with van der Waals surface area (Å²) in [6.45, 7) is 1.93. The molecule has 0 saturated carbocycles. The van der Waals surface area contributed by atoms with Crippen molar-refractivity contribution in [2.24, 2.45) is 0 Å². The Hall–Kier alpha value is -3.62. The quantitative estimate of drug-likeness (QED) is 0.360. The summed E-state index contributed by atoms with van der Waals surface area (Å²) >= 11 is 0. The van der Waals surface area contributed by atoms with Crippen LogP contribution in [0.15, 0.2) is 42.5 Å². The van der Waals surface area contributed by atoms with Crippen LogP contribution >= 0.6 is 0 Å². The van der Waals surface area contributed by atoms with Gasteiger partial charge < -0.3 is 19.1 Å². The molecule has 0 radical (unpaired) electrons. The first kappa shape index (κ1) is 21.7. The molecule has 2 rings (SSSR count). The molecule has 0 aliphatic heterocycles. The lowest BCUT2D eigenvalue weighted by molar-refractivity contribution is -0.385. The zero-order valence-electron chi connectivity index (χ0n) is 16.4. The van der Waals surface area contributed by atoms with Crippen LogP contribution in [0.5, 0.6) is 11.5 Å². The number of carbonyl (C=O) groups excluding carboxylic acids is 2. The minimum absolute atomic E-state index is 0.201. The number of nitro groups is 1. The second-order valence-electron chi connectivity index (χ2n) is 5.95. The number of hydrogen-bond acceptors (Lipinski definition) is 7. The van der Waals surface area contributed by atoms with Gasteiger partial charge in [-0.3, -0.25) is 14.9 Å². The highest BCUT2D eigenvalue weighted by molar-refractivity contribution is 5.95. The largest absolute Gasteiger partial charge is 0.493 e. The number of nitrogens with zero attached hydrogens (tertiary/aromatic N) is 2. The van der Waals surface area contributed by atoms with E-state index in [0.29, 0.717) is 18.0 Å². The van der Waals surface area contributed by atoms with Gasteiger partial charge in [-0.1, -0.05) is 18.2 Å². The molecule has 154 valence electrons. The highest BCUT2D eigenvalue weighted by Gasteiger charge is 2.22. The van der Waals surface area contributed by atoms with Gasteiger partial charge in [0, 0.05) is 19.2 Å². The molecule has 0 N–H and O–H groups in total. The van der Waals surface area contributed by atoms with Crippen LogP contribution in [0.1, 0.15) is 22.8 Å². The zero-order chi connectivity index (χ0) is 21.4. The van der Waals surface area contributed by atoms with Gasteiger partial charge in [0.1, 0.15) is 5.56 Å². The molecule has 0 bridgehead atoms. The molecule has 29 heavy (non-hydrogen) atoms. The summed E-state index contributed by atoms with van der Waals surface area (Å²) in [5.41, 5.74) is 0.235. The third-order valence-corrected chi connectivity index (χ3v) is 4.20. The van der Waals surface area contributed by atoms with Crippen molar-refractivity contribution in [3.05, 3.63) is 63.7 Å². The van der Waals surface area contributed by atoms with Crippen molar-refractivity contribution in [1.29, 1.82) is 0 Å². The van der Waals surface area contributed by atoms with Crippen LogP contribution in [-0.2, 0) is 16.1 Å². The number of benzene rings is 2. The molecule has 0 atom stereocenters. The number of para-hydroxylation sites is 1. The lowest BCUT2D eigenvalue weighted by Gasteiger charge is -2.21. The van der Waals surface area contributed by atoms with Crippen LogP contribution in [-0.4, -0.2) is 49.1 Å². The molecule has 9 heteroatoms. The van der Waals surface area contributed by atoms with E-state index in [1.807, 2.05) is 0 Å². The SMILES string of the molecule is CCN(Cc1ccc(OC)c(OC)c1)C(=O)COC(=O)c1ccccc1[N+](=O)[O-]. The maximum atomic E-state index is 12.5. The maximum Gasteiger partial charge on any atom is 0.345 e. The topological polar surface area (TPSA) is 108 Å². The van der Waals surface area contributed by atoms with Gasteiger partial charge in [0.25, 0.3) is 11.6 Å². The lowest BCUT2D eigenvalue weighted by Crippen LogP contribution is -2.34. The van der Waals surface area contributed by atoms with Gasteiger partial charge >= 0.3 is 5.97 Å². The fourth-order valence-electron chi connectivity index (χ4n) is 2.68. The van der Waals surface area contributed by atoms with Crippen molar-refractivity contribution >= 4 is 17.6 Å². The van der Waals surface area contributed by atoms with Crippen molar-refractivity contribution in [1.82, 2.24) is 4.90 Å². The average molecular weight is 402 g/mol. The van der Waals surface area contributed by atoms with E-state index in [1.165, 1.54) is 43.4 Å². The van der Waals surface area contributed by atoms with Gasteiger partial charge in [0.2, 0.25) is 0 Å². The molecule has 0 aromatic heterocycles. The number of likely N-dealkylation sites (N-methyl/N-ethyl adjacent to an activating group) is 1. The molecule has 9 nitrogen and oxygen atoms in total. The van der Waals surface area contributed by atoms with Gasteiger partial charge in [-0.05, 0) is 30.7 Å². The normalized spacial score (nSPS) is 10.2. The summed E-state index contributed by atoms with van der Waals surface area (Å²) in [6, 6.07) is 10.7. The fourth-order valence-corrected chi connectivity index (χ4v) is 2.68. The first-order valence-electron chi connectivity index (χ1n) is 8.80. The van der Waals surface area contributed by atoms with Crippen molar-refractivity contribution in [3.63, 3.8) is 0 Å². The average Bonchev–Trinajstić information content (AvgIpc) is 2.75. The Morgan fingerprint density at radius 1 is 1.07 bits per heavy atom. The molecule has 2 aromatic rings. The lowest BCUT2D eigenvalue weighted by atomic mass is 10.2. The van der Waals surface area contributed by atoms with Gasteiger partial charge in [-0.2, -0.15) is 0 Å². The van der Waals surface area contributed by atoms with Crippen molar-refractivity contribution in [3.8, 4) is 11.5 Å². The minimum Gasteiger partial charge on any atom is -0.493 e. The Morgan fingerprint density at radius 3 is 2.38 bits per heavy atom. The first-order chi connectivity index (χ1) is 13.9. The predicted molar refractivity (Wildman–Crippen MR) is 104 cm³/mol. The Labute approximate surface area is 167 Å². The van der Waals surface area contributed by atoms with E-state index in [0.717, 1.165) is 5.56 Å². The Morgan fingerprint density at radius 2 is 1.76 bits per heavy atom. The van der Waals surface area contributed by atoms with Crippen LogP contribution in [0, 0.1) is 10.1 Å². The summed E-state index contributed by atoms with van der Waals surface area (Å²) in [5.74, 6) is -0.234. The van der Waals surface area contributed by atoms with Gasteiger partial charge in [-0.15, -0.1) is 0 Å². The zero-order valence-corrected chi connectivity index (χ0v) is 16.4. The summed E-state index contributed by atoms with van der Waals surface area (Å²) < 4.78 is 15.5. The highest BCUT2D eigenvalue weighted by atomic mass is 16.6.